The number of piperidine rings is 1. The molecule has 0 spiro atoms. The minimum absolute atomic E-state index is 0.453. The molecule has 0 aliphatic carbocycles. The van der Waals surface area contributed by atoms with Gasteiger partial charge in [-0.3, -0.25) is 0 Å². The number of benzene rings is 1. The van der Waals surface area contributed by atoms with E-state index in [9.17, 15) is 0 Å². The molecule has 0 aromatic heterocycles. The van der Waals surface area contributed by atoms with Gasteiger partial charge in [0.25, 0.3) is 0 Å². The molecule has 20 heavy (non-hydrogen) atoms. The number of nitrogens with zero attached hydrogens (tertiary/aromatic N) is 1. The molecule has 2 rings (SSSR count). The summed E-state index contributed by atoms with van der Waals surface area (Å²) < 4.78 is 0. The second-order valence-electron chi connectivity index (χ2n) is 7.13. The van der Waals surface area contributed by atoms with Crippen LogP contribution in [0.4, 0.5) is 0 Å². The summed E-state index contributed by atoms with van der Waals surface area (Å²) in [6.45, 7) is 10.6. The molecule has 1 N–H and O–H groups in total. The first-order chi connectivity index (χ1) is 9.50. The highest BCUT2D eigenvalue weighted by Crippen LogP contribution is 2.31. The lowest BCUT2D eigenvalue weighted by Crippen LogP contribution is -2.43. The smallest absolute Gasteiger partial charge is 0.0343 e. The van der Waals surface area contributed by atoms with Crippen LogP contribution in [0.15, 0.2) is 30.3 Å². The standard InChI is InChI=1S/C18H30N2/c1-15(2)17(16-8-6-5-7-9-16)19-14-18(3)10-12-20(4)13-11-18/h5-9,15,17,19H,10-14H2,1-4H3. The van der Waals surface area contributed by atoms with E-state index in [1.807, 2.05) is 0 Å². The van der Waals surface area contributed by atoms with Gasteiger partial charge >= 0.3 is 0 Å². The van der Waals surface area contributed by atoms with Crippen LogP contribution >= 0.6 is 0 Å². The molecule has 112 valence electrons. The van der Waals surface area contributed by atoms with E-state index in [2.05, 4.69) is 68.4 Å². The van der Waals surface area contributed by atoms with Crippen molar-refractivity contribution in [2.45, 2.75) is 39.7 Å². The fourth-order valence-electron chi connectivity index (χ4n) is 3.09. The first kappa shape index (κ1) is 15.5. The summed E-state index contributed by atoms with van der Waals surface area (Å²) in [6.07, 6.45) is 2.60. The topological polar surface area (TPSA) is 15.3 Å². The summed E-state index contributed by atoms with van der Waals surface area (Å²) in [5.41, 5.74) is 1.87. The van der Waals surface area contributed by atoms with Gasteiger partial charge in [0, 0.05) is 12.6 Å². The van der Waals surface area contributed by atoms with Gasteiger partial charge in [0.05, 0.1) is 0 Å². The van der Waals surface area contributed by atoms with Crippen LogP contribution in [0, 0.1) is 11.3 Å². The molecule has 1 saturated heterocycles. The summed E-state index contributed by atoms with van der Waals surface area (Å²) >= 11 is 0. The van der Waals surface area contributed by atoms with Gasteiger partial charge in [-0.15, -0.1) is 0 Å². The largest absolute Gasteiger partial charge is 0.309 e. The zero-order chi connectivity index (χ0) is 14.6. The van der Waals surface area contributed by atoms with E-state index in [4.69, 9.17) is 0 Å². The summed E-state index contributed by atoms with van der Waals surface area (Å²) in [5, 5.41) is 3.84. The van der Waals surface area contributed by atoms with Crippen LogP contribution in [0.1, 0.15) is 45.2 Å². The predicted octanol–water partition coefficient (Wildman–Crippen LogP) is 3.71. The Labute approximate surface area is 124 Å². The SMILES string of the molecule is CC(C)C(NCC1(C)CCN(C)CC1)c1ccccc1. The maximum atomic E-state index is 3.84. The lowest BCUT2D eigenvalue weighted by atomic mass is 9.80. The van der Waals surface area contributed by atoms with Gasteiger partial charge in [-0.05, 0) is 49.9 Å². The van der Waals surface area contributed by atoms with Crippen LogP contribution in [-0.4, -0.2) is 31.6 Å². The van der Waals surface area contributed by atoms with Crippen molar-refractivity contribution in [2.75, 3.05) is 26.7 Å². The third-order valence-corrected chi connectivity index (χ3v) is 4.77. The zero-order valence-electron chi connectivity index (χ0n) is 13.5. The van der Waals surface area contributed by atoms with E-state index < -0.39 is 0 Å². The number of rotatable bonds is 5. The highest BCUT2D eigenvalue weighted by Gasteiger charge is 2.29. The third kappa shape index (κ3) is 4.07. The Kier molecular flexibility index (Phi) is 5.22. The van der Waals surface area contributed by atoms with Gasteiger partial charge in [0.1, 0.15) is 0 Å². The normalized spacial score (nSPS) is 21.1. The molecule has 1 aromatic rings. The van der Waals surface area contributed by atoms with Crippen LogP contribution in [0.5, 0.6) is 0 Å². The molecular formula is C18H30N2. The zero-order valence-corrected chi connectivity index (χ0v) is 13.5. The second kappa shape index (κ2) is 6.73. The number of likely N-dealkylation sites (tertiary alicyclic amines) is 1. The molecule has 1 heterocycles. The van der Waals surface area contributed by atoms with E-state index in [1.165, 1.54) is 31.5 Å². The minimum atomic E-state index is 0.453. The molecule has 1 aliphatic heterocycles. The molecule has 0 amide bonds. The van der Waals surface area contributed by atoms with Crippen molar-refractivity contribution in [2.24, 2.45) is 11.3 Å². The minimum Gasteiger partial charge on any atom is -0.309 e. The van der Waals surface area contributed by atoms with Crippen molar-refractivity contribution >= 4 is 0 Å². The molecule has 1 unspecified atom stereocenters. The first-order valence-corrected chi connectivity index (χ1v) is 7.97. The molecule has 1 aromatic carbocycles. The van der Waals surface area contributed by atoms with E-state index in [0.717, 1.165) is 6.54 Å². The molecule has 0 radical (unpaired) electrons. The van der Waals surface area contributed by atoms with Crippen LogP contribution in [0.2, 0.25) is 0 Å². The Balaban J connectivity index is 1.96. The maximum absolute atomic E-state index is 3.84. The van der Waals surface area contributed by atoms with Gasteiger partial charge in [-0.25, -0.2) is 0 Å². The van der Waals surface area contributed by atoms with Crippen LogP contribution in [0.3, 0.4) is 0 Å². The molecule has 2 nitrogen and oxygen atoms in total. The number of hydrogen-bond donors (Lipinski definition) is 1. The van der Waals surface area contributed by atoms with Crippen molar-refractivity contribution in [1.82, 2.24) is 10.2 Å². The quantitative estimate of drug-likeness (QED) is 0.880. The van der Waals surface area contributed by atoms with Gasteiger partial charge in [0.15, 0.2) is 0 Å². The summed E-state index contributed by atoms with van der Waals surface area (Å²) in [6, 6.07) is 11.3. The van der Waals surface area contributed by atoms with E-state index in [0.29, 0.717) is 17.4 Å². The molecule has 0 bridgehead atoms. The second-order valence-corrected chi connectivity index (χ2v) is 7.13. The maximum Gasteiger partial charge on any atom is 0.0343 e. The van der Waals surface area contributed by atoms with Gasteiger partial charge < -0.3 is 10.2 Å². The average molecular weight is 274 g/mol. The Bertz CT molecular complexity index is 391. The molecule has 1 aliphatic rings. The molecule has 0 saturated carbocycles. The molecule has 1 atom stereocenters. The van der Waals surface area contributed by atoms with Crippen molar-refractivity contribution in [1.29, 1.82) is 0 Å². The molecular weight excluding hydrogens is 244 g/mol. The molecule has 1 fully saturated rings. The van der Waals surface area contributed by atoms with Crippen LogP contribution in [-0.2, 0) is 0 Å². The van der Waals surface area contributed by atoms with Crippen molar-refractivity contribution < 1.29 is 0 Å². The van der Waals surface area contributed by atoms with E-state index in [1.54, 1.807) is 0 Å². The Morgan fingerprint density at radius 1 is 1.15 bits per heavy atom. The highest BCUT2D eigenvalue weighted by molar-refractivity contribution is 5.19. The predicted molar refractivity (Wildman–Crippen MR) is 86.9 cm³/mol. The van der Waals surface area contributed by atoms with Gasteiger partial charge in [0.2, 0.25) is 0 Å². The van der Waals surface area contributed by atoms with Crippen molar-refractivity contribution in [3.63, 3.8) is 0 Å². The third-order valence-electron chi connectivity index (χ3n) is 4.77. The Morgan fingerprint density at radius 2 is 1.75 bits per heavy atom. The van der Waals surface area contributed by atoms with Crippen molar-refractivity contribution in [3.05, 3.63) is 35.9 Å². The van der Waals surface area contributed by atoms with Gasteiger partial charge in [-0.1, -0.05) is 51.1 Å². The van der Waals surface area contributed by atoms with Crippen molar-refractivity contribution in [3.8, 4) is 0 Å². The van der Waals surface area contributed by atoms with Crippen LogP contribution in [0.25, 0.3) is 0 Å². The monoisotopic (exact) mass is 274 g/mol. The lowest BCUT2D eigenvalue weighted by Gasteiger charge is -2.39. The first-order valence-electron chi connectivity index (χ1n) is 7.97. The number of nitrogens with one attached hydrogen (secondary N) is 1. The van der Waals surface area contributed by atoms with E-state index in [-0.39, 0.29) is 0 Å². The summed E-state index contributed by atoms with van der Waals surface area (Å²) in [7, 11) is 2.23. The van der Waals surface area contributed by atoms with E-state index >= 15 is 0 Å². The number of hydrogen-bond acceptors (Lipinski definition) is 2. The summed E-state index contributed by atoms with van der Waals surface area (Å²) in [4.78, 5) is 2.44. The average Bonchev–Trinajstić information content (AvgIpc) is 2.44. The Hall–Kier alpha value is -0.860. The highest BCUT2D eigenvalue weighted by atomic mass is 15.1. The fourth-order valence-corrected chi connectivity index (χ4v) is 3.09. The molecule has 2 heteroatoms. The van der Waals surface area contributed by atoms with Crippen LogP contribution < -0.4 is 5.32 Å². The fraction of sp³-hybridized carbons (Fsp3) is 0.667. The Morgan fingerprint density at radius 3 is 2.30 bits per heavy atom. The lowest BCUT2D eigenvalue weighted by molar-refractivity contribution is 0.130. The van der Waals surface area contributed by atoms with Gasteiger partial charge in [-0.2, -0.15) is 0 Å². The summed E-state index contributed by atoms with van der Waals surface area (Å²) in [5.74, 6) is 0.618.